The molecule has 2 N–H and O–H groups in total. The number of nitrogens with zero attached hydrogens (tertiary/aromatic N) is 2. The van der Waals surface area contributed by atoms with Crippen LogP contribution in [0.1, 0.15) is 17.5 Å². The first-order valence-corrected chi connectivity index (χ1v) is 6.34. The third kappa shape index (κ3) is 3.35. The van der Waals surface area contributed by atoms with Crippen LogP contribution in [-0.2, 0) is 17.8 Å². The minimum atomic E-state index is 0. The van der Waals surface area contributed by atoms with Gasteiger partial charge in [-0.15, -0.1) is 24.8 Å². The second-order valence-corrected chi connectivity index (χ2v) is 4.61. The molecule has 1 aliphatic rings. The van der Waals surface area contributed by atoms with Crippen LogP contribution in [0.5, 0.6) is 0 Å². The Labute approximate surface area is 136 Å². The molecule has 1 aromatic carbocycles. The molecule has 2 heterocycles. The molecule has 0 unspecified atom stereocenters. The molecule has 3 rings (SSSR count). The molecule has 0 radical (unpaired) electrons. The van der Waals surface area contributed by atoms with E-state index in [9.17, 15) is 4.79 Å². The highest BCUT2D eigenvalue weighted by atomic mass is 35.5. The summed E-state index contributed by atoms with van der Waals surface area (Å²) < 4.78 is 0. The van der Waals surface area contributed by atoms with E-state index >= 15 is 0 Å². The number of benzene rings is 1. The van der Waals surface area contributed by atoms with Crippen LogP contribution >= 0.6 is 24.8 Å². The van der Waals surface area contributed by atoms with Gasteiger partial charge in [0.05, 0.1) is 17.6 Å². The van der Waals surface area contributed by atoms with E-state index in [4.69, 9.17) is 5.73 Å². The van der Waals surface area contributed by atoms with Crippen LogP contribution in [0.3, 0.4) is 0 Å². The van der Waals surface area contributed by atoms with Crippen molar-refractivity contribution in [1.82, 2.24) is 4.98 Å². The van der Waals surface area contributed by atoms with Crippen LogP contribution in [0.4, 0.5) is 11.4 Å². The van der Waals surface area contributed by atoms with E-state index in [-0.39, 0.29) is 30.7 Å². The zero-order chi connectivity index (χ0) is 13.2. The van der Waals surface area contributed by atoms with Crippen LogP contribution in [0.25, 0.3) is 0 Å². The molecule has 21 heavy (non-hydrogen) atoms. The highest BCUT2D eigenvalue weighted by Crippen LogP contribution is 2.34. The Balaban J connectivity index is 0.00000110. The fourth-order valence-electron chi connectivity index (χ4n) is 2.44. The summed E-state index contributed by atoms with van der Waals surface area (Å²) in [7, 11) is 0. The molecule has 0 saturated heterocycles. The second kappa shape index (κ2) is 7.41. The molecule has 0 bridgehead atoms. The van der Waals surface area contributed by atoms with Crippen LogP contribution in [-0.4, -0.2) is 10.9 Å². The van der Waals surface area contributed by atoms with Crippen LogP contribution in [0, 0.1) is 0 Å². The van der Waals surface area contributed by atoms with E-state index in [0.29, 0.717) is 13.0 Å². The van der Waals surface area contributed by atoms with E-state index in [2.05, 4.69) is 11.1 Å². The number of pyridine rings is 1. The molecule has 1 aliphatic heterocycles. The number of carbonyl (C=O) groups excluding carboxylic acids is 1. The summed E-state index contributed by atoms with van der Waals surface area (Å²) in [4.78, 5) is 18.0. The smallest absolute Gasteiger partial charge is 0.231 e. The molecule has 4 nitrogen and oxygen atoms in total. The molecule has 0 spiro atoms. The van der Waals surface area contributed by atoms with Gasteiger partial charge in [-0.25, -0.2) is 0 Å². The molecule has 1 aromatic heterocycles. The number of nitrogens with two attached hydrogens (primary N) is 1. The van der Waals surface area contributed by atoms with Crippen LogP contribution in [0.15, 0.2) is 42.7 Å². The fraction of sp³-hybridized carbons (Fsp3) is 0.200. The van der Waals surface area contributed by atoms with Crippen molar-refractivity contribution in [3.8, 4) is 0 Å². The second-order valence-electron chi connectivity index (χ2n) is 4.61. The van der Waals surface area contributed by atoms with Crippen molar-refractivity contribution in [3.63, 3.8) is 0 Å². The van der Waals surface area contributed by atoms with Gasteiger partial charge in [-0.05, 0) is 35.7 Å². The lowest BCUT2D eigenvalue weighted by molar-refractivity contribution is -0.118. The number of hydrogen-bond donors (Lipinski definition) is 1. The van der Waals surface area contributed by atoms with Crippen molar-refractivity contribution in [2.24, 2.45) is 5.73 Å². The predicted octanol–water partition coefficient (Wildman–Crippen LogP) is 2.99. The van der Waals surface area contributed by atoms with E-state index in [1.807, 2.05) is 24.3 Å². The topological polar surface area (TPSA) is 59.2 Å². The number of fused-ring (bicyclic) bond motifs is 1. The van der Waals surface area contributed by atoms with E-state index < -0.39 is 0 Å². The quantitative estimate of drug-likeness (QED) is 0.923. The van der Waals surface area contributed by atoms with Gasteiger partial charge >= 0.3 is 0 Å². The first-order chi connectivity index (χ1) is 9.29. The number of aryl methyl sites for hydroxylation is 1. The third-order valence-electron chi connectivity index (χ3n) is 3.38. The Morgan fingerprint density at radius 1 is 1.19 bits per heavy atom. The van der Waals surface area contributed by atoms with Gasteiger partial charge in [-0.1, -0.05) is 12.1 Å². The predicted molar refractivity (Wildman–Crippen MR) is 88.5 cm³/mol. The summed E-state index contributed by atoms with van der Waals surface area (Å²) in [6.45, 7) is 0.522. The average Bonchev–Trinajstić information content (AvgIpc) is 2.47. The van der Waals surface area contributed by atoms with Crippen LogP contribution in [0.2, 0.25) is 0 Å². The monoisotopic (exact) mass is 325 g/mol. The number of hydrogen-bond acceptors (Lipinski definition) is 3. The first-order valence-electron chi connectivity index (χ1n) is 6.34. The van der Waals surface area contributed by atoms with Crippen molar-refractivity contribution < 1.29 is 4.79 Å². The molecular weight excluding hydrogens is 309 g/mol. The minimum Gasteiger partial charge on any atom is -0.326 e. The number of amides is 1. The summed E-state index contributed by atoms with van der Waals surface area (Å²) in [5, 5.41) is 0. The van der Waals surface area contributed by atoms with Gasteiger partial charge < -0.3 is 5.73 Å². The highest BCUT2D eigenvalue weighted by Gasteiger charge is 2.25. The van der Waals surface area contributed by atoms with E-state index in [0.717, 1.165) is 23.4 Å². The Kier molecular flexibility index (Phi) is 6.15. The number of carbonyl (C=O) groups is 1. The molecule has 0 atom stereocenters. The van der Waals surface area contributed by atoms with Gasteiger partial charge in [0.15, 0.2) is 0 Å². The van der Waals surface area contributed by atoms with Gasteiger partial charge in [0, 0.05) is 19.2 Å². The molecule has 1 amide bonds. The van der Waals surface area contributed by atoms with Crippen molar-refractivity contribution >= 4 is 42.1 Å². The normalized spacial score (nSPS) is 13.0. The standard InChI is InChI=1S/C15H15N3O.2ClH/c16-9-11-3-5-14-12(8-11)4-6-15(19)18(14)13-2-1-7-17-10-13;;/h1-3,5,7-8,10H,4,6,9,16H2;2*1H. The van der Waals surface area contributed by atoms with Crippen LogP contribution < -0.4 is 10.6 Å². The Bertz CT molecular complexity index is 620. The van der Waals surface area contributed by atoms with E-state index in [1.54, 1.807) is 17.3 Å². The number of halogens is 2. The van der Waals surface area contributed by atoms with Crippen molar-refractivity contribution in [2.45, 2.75) is 19.4 Å². The van der Waals surface area contributed by atoms with Crippen molar-refractivity contribution in [3.05, 3.63) is 53.9 Å². The first kappa shape index (κ1) is 17.4. The van der Waals surface area contributed by atoms with Crippen molar-refractivity contribution in [2.75, 3.05) is 4.90 Å². The largest absolute Gasteiger partial charge is 0.326 e. The molecule has 0 aliphatic carbocycles. The summed E-state index contributed by atoms with van der Waals surface area (Å²) in [6.07, 6.45) is 4.72. The van der Waals surface area contributed by atoms with E-state index in [1.165, 1.54) is 5.56 Å². The summed E-state index contributed by atoms with van der Waals surface area (Å²) in [5.41, 5.74) is 9.69. The average molecular weight is 326 g/mol. The minimum absolute atomic E-state index is 0. The van der Waals surface area contributed by atoms with Crippen molar-refractivity contribution in [1.29, 1.82) is 0 Å². The lowest BCUT2D eigenvalue weighted by Gasteiger charge is -2.29. The SMILES string of the molecule is Cl.Cl.NCc1ccc2c(c1)CCC(=O)N2c1cccnc1. The summed E-state index contributed by atoms with van der Waals surface area (Å²) >= 11 is 0. The fourth-order valence-corrected chi connectivity index (χ4v) is 2.44. The van der Waals surface area contributed by atoms with Gasteiger partial charge in [-0.2, -0.15) is 0 Å². The molecular formula is C15H17Cl2N3O. The number of rotatable bonds is 2. The zero-order valence-electron chi connectivity index (χ0n) is 11.4. The summed E-state index contributed by atoms with van der Waals surface area (Å²) in [5.74, 6) is 0.112. The number of anilines is 2. The summed E-state index contributed by atoms with van der Waals surface area (Å²) in [6, 6.07) is 9.77. The van der Waals surface area contributed by atoms with Gasteiger partial charge in [0.1, 0.15) is 0 Å². The molecule has 0 fully saturated rings. The highest BCUT2D eigenvalue weighted by molar-refractivity contribution is 6.02. The lowest BCUT2D eigenvalue weighted by atomic mass is 9.98. The Morgan fingerprint density at radius 3 is 2.67 bits per heavy atom. The zero-order valence-corrected chi connectivity index (χ0v) is 13.0. The van der Waals surface area contributed by atoms with Gasteiger partial charge in [0.25, 0.3) is 0 Å². The molecule has 112 valence electrons. The van der Waals surface area contributed by atoms with Gasteiger partial charge in [-0.3, -0.25) is 14.7 Å². The molecule has 6 heteroatoms. The van der Waals surface area contributed by atoms with Gasteiger partial charge in [0.2, 0.25) is 5.91 Å². The number of aromatic nitrogens is 1. The Morgan fingerprint density at radius 2 is 2.00 bits per heavy atom. The molecule has 2 aromatic rings. The maximum absolute atomic E-state index is 12.2. The maximum Gasteiger partial charge on any atom is 0.231 e. The maximum atomic E-state index is 12.2. The lowest BCUT2D eigenvalue weighted by Crippen LogP contribution is -2.30. The molecule has 0 saturated carbocycles. The Hall–Kier alpha value is -1.62. The third-order valence-corrected chi connectivity index (χ3v) is 3.38.